The van der Waals surface area contributed by atoms with E-state index in [1.54, 1.807) is 0 Å². The van der Waals surface area contributed by atoms with E-state index < -0.39 is 0 Å². The zero-order valence-electron chi connectivity index (χ0n) is 7.42. The van der Waals surface area contributed by atoms with Crippen LogP contribution in [-0.4, -0.2) is 29.2 Å². The van der Waals surface area contributed by atoms with Gasteiger partial charge >= 0.3 is 6.03 Å². The molecule has 4 N–H and O–H groups in total. The molecular formula is C6H14N4OS. The number of hydrazine groups is 1. The number of nitrogens with two attached hydrogens (primary N) is 1. The molecule has 2 amide bonds. The molecule has 12 heavy (non-hydrogen) atoms. The summed E-state index contributed by atoms with van der Waals surface area (Å²) in [6, 6.07) is -0.295. The third-order valence-corrected chi connectivity index (χ3v) is 1.40. The van der Waals surface area contributed by atoms with Gasteiger partial charge in [-0.25, -0.2) is 10.2 Å². The first kappa shape index (κ1) is 11.0. The molecule has 0 aliphatic rings. The maximum Gasteiger partial charge on any atom is 0.333 e. The van der Waals surface area contributed by atoms with E-state index >= 15 is 0 Å². The molecule has 0 rings (SSSR count). The number of nitrogens with zero attached hydrogens (tertiary/aromatic N) is 1. The van der Waals surface area contributed by atoms with E-state index in [0.717, 1.165) is 0 Å². The Kier molecular flexibility index (Phi) is 4.35. The quantitative estimate of drug-likeness (QED) is 0.395. The number of rotatable bonds is 1. The predicted molar refractivity (Wildman–Crippen MR) is 51.4 cm³/mol. The van der Waals surface area contributed by atoms with Gasteiger partial charge in [-0.3, -0.25) is 5.01 Å². The topological polar surface area (TPSA) is 70.4 Å². The molecule has 0 aromatic carbocycles. The second-order valence-corrected chi connectivity index (χ2v) is 2.91. The lowest BCUT2D eigenvalue weighted by Crippen LogP contribution is -2.54. The second-order valence-electron chi connectivity index (χ2n) is 2.49. The van der Waals surface area contributed by atoms with E-state index in [1.165, 1.54) is 12.1 Å². The summed E-state index contributed by atoms with van der Waals surface area (Å²) >= 11 is 4.72. The van der Waals surface area contributed by atoms with Gasteiger partial charge in [0.2, 0.25) is 0 Å². The smallest absolute Gasteiger partial charge is 0.333 e. The van der Waals surface area contributed by atoms with Gasteiger partial charge in [0.1, 0.15) is 0 Å². The molecule has 0 radical (unpaired) electrons. The molecule has 0 atom stereocenters. The molecule has 0 fully saturated rings. The molecule has 0 spiro atoms. The van der Waals surface area contributed by atoms with Crippen molar-refractivity contribution >= 4 is 23.4 Å². The van der Waals surface area contributed by atoms with E-state index in [-0.39, 0.29) is 17.2 Å². The highest BCUT2D eigenvalue weighted by Gasteiger charge is 2.12. The molecule has 0 aromatic rings. The largest absolute Gasteiger partial charge is 0.375 e. The first-order valence-corrected chi connectivity index (χ1v) is 3.97. The van der Waals surface area contributed by atoms with E-state index in [4.69, 9.17) is 18.0 Å². The molecule has 0 heterocycles. The first-order chi connectivity index (χ1) is 5.49. The molecule has 0 saturated carbocycles. The highest BCUT2D eigenvalue weighted by atomic mass is 32.1. The number of carbonyl (C=O) groups is 1. The number of amides is 2. The minimum absolute atomic E-state index is 0.0415. The van der Waals surface area contributed by atoms with Gasteiger partial charge in [0.05, 0.1) is 0 Å². The Morgan fingerprint density at radius 3 is 2.33 bits per heavy atom. The fraction of sp³-hybridized carbons (Fsp3) is 0.667. The van der Waals surface area contributed by atoms with Crippen LogP contribution in [0.1, 0.15) is 13.8 Å². The zero-order chi connectivity index (χ0) is 9.72. The second kappa shape index (κ2) is 4.76. The highest BCUT2D eigenvalue weighted by Crippen LogP contribution is 1.92. The van der Waals surface area contributed by atoms with Gasteiger partial charge < -0.3 is 11.1 Å². The Balaban J connectivity index is 4.14. The highest BCUT2D eigenvalue weighted by molar-refractivity contribution is 7.80. The lowest BCUT2D eigenvalue weighted by molar-refractivity contribution is 0.207. The van der Waals surface area contributed by atoms with Crippen molar-refractivity contribution in [2.75, 3.05) is 7.05 Å². The van der Waals surface area contributed by atoms with Crippen molar-refractivity contribution in [2.24, 2.45) is 5.73 Å². The summed E-state index contributed by atoms with van der Waals surface area (Å²) in [5, 5.41) is 3.96. The molecule has 0 aliphatic carbocycles. The summed E-state index contributed by atoms with van der Waals surface area (Å²) in [4.78, 5) is 10.9. The van der Waals surface area contributed by atoms with Crippen LogP contribution in [-0.2, 0) is 0 Å². The van der Waals surface area contributed by atoms with Crippen molar-refractivity contribution in [2.45, 2.75) is 19.9 Å². The summed E-state index contributed by atoms with van der Waals surface area (Å²) in [6.07, 6.45) is 0. The van der Waals surface area contributed by atoms with Crippen LogP contribution in [0.2, 0.25) is 0 Å². The minimum atomic E-state index is -0.337. The van der Waals surface area contributed by atoms with E-state index in [0.29, 0.717) is 0 Å². The van der Waals surface area contributed by atoms with Gasteiger partial charge in [-0.05, 0) is 26.1 Å². The number of thiocarbonyl (C=S) groups is 1. The third kappa shape index (κ3) is 3.38. The van der Waals surface area contributed by atoms with Gasteiger partial charge in [-0.2, -0.15) is 0 Å². The van der Waals surface area contributed by atoms with Crippen LogP contribution in [0.4, 0.5) is 4.79 Å². The third-order valence-electron chi connectivity index (χ3n) is 1.20. The average molecular weight is 190 g/mol. The van der Waals surface area contributed by atoms with E-state index in [1.807, 2.05) is 13.8 Å². The Morgan fingerprint density at radius 1 is 1.58 bits per heavy atom. The molecule has 70 valence electrons. The van der Waals surface area contributed by atoms with Gasteiger partial charge in [0, 0.05) is 13.1 Å². The van der Waals surface area contributed by atoms with Crippen molar-refractivity contribution in [1.29, 1.82) is 0 Å². The van der Waals surface area contributed by atoms with Crippen LogP contribution >= 0.6 is 12.2 Å². The van der Waals surface area contributed by atoms with Crippen molar-refractivity contribution in [3.63, 3.8) is 0 Å². The number of urea groups is 1. The molecule has 0 aromatic heterocycles. The lowest BCUT2D eigenvalue weighted by Gasteiger charge is -2.26. The minimum Gasteiger partial charge on any atom is -0.375 e. The molecule has 5 nitrogen and oxygen atoms in total. The molecular weight excluding hydrogens is 176 g/mol. The molecule has 0 saturated heterocycles. The molecule has 6 heteroatoms. The number of nitrogens with one attached hydrogen (secondary N) is 2. The maximum absolute atomic E-state index is 10.9. The number of carbonyl (C=O) groups excluding carboxylic acids is 1. The maximum atomic E-state index is 10.9. The van der Waals surface area contributed by atoms with E-state index in [9.17, 15) is 4.79 Å². The van der Waals surface area contributed by atoms with Gasteiger partial charge in [-0.15, -0.1) is 0 Å². The van der Waals surface area contributed by atoms with Crippen molar-refractivity contribution in [3.8, 4) is 0 Å². The molecule has 0 bridgehead atoms. The Bertz CT molecular complexity index is 182. The Labute approximate surface area is 77.3 Å². The van der Waals surface area contributed by atoms with Crippen LogP contribution in [0.3, 0.4) is 0 Å². The first-order valence-electron chi connectivity index (χ1n) is 3.56. The summed E-state index contributed by atoms with van der Waals surface area (Å²) in [6.45, 7) is 3.74. The number of hydrogen-bond donors (Lipinski definition) is 3. The zero-order valence-corrected chi connectivity index (χ0v) is 8.23. The Morgan fingerprint density at radius 2 is 2.08 bits per heavy atom. The van der Waals surface area contributed by atoms with E-state index in [2.05, 4.69) is 10.7 Å². The van der Waals surface area contributed by atoms with Crippen LogP contribution in [0.25, 0.3) is 0 Å². The molecule has 0 unspecified atom stereocenters. The number of hydrogen-bond acceptors (Lipinski definition) is 2. The van der Waals surface area contributed by atoms with Gasteiger partial charge in [0.15, 0.2) is 5.11 Å². The predicted octanol–water partition coefficient (Wildman–Crippen LogP) is -0.216. The van der Waals surface area contributed by atoms with Crippen LogP contribution in [0.5, 0.6) is 0 Å². The summed E-state index contributed by atoms with van der Waals surface area (Å²) in [7, 11) is 1.52. The Hall–Kier alpha value is -1.04. The monoisotopic (exact) mass is 190 g/mol. The SMILES string of the molecule is CNC(=O)NN(C(N)=S)C(C)C. The van der Waals surface area contributed by atoms with Crippen LogP contribution < -0.4 is 16.5 Å². The van der Waals surface area contributed by atoms with Crippen LogP contribution in [0.15, 0.2) is 0 Å². The molecule has 0 aliphatic heterocycles. The standard InChI is InChI=1S/C6H14N4OS/c1-4(2)10(5(7)12)9-6(11)8-3/h4H,1-3H3,(H2,7,12)(H2,8,9,11). The summed E-state index contributed by atoms with van der Waals surface area (Å²) in [5.74, 6) is 0. The normalized spacial score (nSPS) is 9.33. The summed E-state index contributed by atoms with van der Waals surface area (Å²) in [5.41, 5.74) is 7.84. The fourth-order valence-electron chi connectivity index (χ4n) is 0.604. The van der Waals surface area contributed by atoms with Gasteiger partial charge in [-0.1, -0.05) is 0 Å². The van der Waals surface area contributed by atoms with Crippen molar-refractivity contribution < 1.29 is 4.79 Å². The van der Waals surface area contributed by atoms with Crippen molar-refractivity contribution in [3.05, 3.63) is 0 Å². The average Bonchev–Trinajstić information content (AvgIpc) is 1.98. The lowest BCUT2D eigenvalue weighted by atomic mass is 10.4. The van der Waals surface area contributed by atoms with Crippen molar-refractivity contribution in [1.82, 2.24) is 15.8 Å². The summed E-state index contributed by atoms with van der Waals surface area (Å²) < 4.78 is 0. The van der Waals surface area contributed by atoms with Crippen LogP contribution in [0, 0.1) is 0 Å². The fourth-order valence-corrected chi connectivity index (χ4v) is 0.860. The van der Waals surface area contributed by atoms with Gasteiger partial charge in [0.25, 0.3) is 0 Å².